The molecule has 0 spiro atoms. The van der Waals surface area contributed by atoms with Gasteiger partial charge < -0.3 is 15.0 Å². The number of aromatic nitrogens is 1. The summed E-state index contributed by atoms with van der Waals surface area (Å²) in [6.07, 6.45) is 3.93. The Kier molecular flexibility index (Phi) is 7.67. The van der Waals surface area contributed by atoms with Gasteiger partial charge in [0.2, 0.25) is 0 Å². The molecule has 1 N–H and O–H groups in total. The molecule has 37 heavy (non-hydrogen) atoms. The summed E-state index contributed by atoms with van der Waals surface area (Å²) >= 11 is 0. The molecule has 0 unspecified atom stereocenters. The van der Waals surface area contributed by atoms with E-state index in [1.807, 2.05) is 54.3 Å². The highest BCUT2D eigenvalue weighted by atomic mass is 16.5. The first-order valence-corrected chi connectivity index (χ1v) is 13.0. The summed E-state index contributed by atoms with van der Waals surface area (Å²) in [5.74, 6) is 0.452. The van der Waals surface area contributed by atoms with E-state index in [2.05, 4.69) is 32.2 Å². The number of nitrogens with zero attached hydrogens (tertiary/aromatic N) is 2. The van der Waals surface area contributed by atoms with Crippen LogP contribution in [-0.2, 0) is 9.53 Å². The number of hydrogen-bond donors (Lipinski definition) is 1. The van der Waals surface area contributed by atoms with E-state index in [9.17, 15) is 9.59 Å². The van der Waals surface area contributed by atoms with Crippen molar-refractivity contribution in [2.75, 3.05) is 25.0 Å². The zero-order valence-electron chi connectivity index (χ0n) is 22.8. The molecule has 1 aliphatic heterocycles. The van der Waals surface area contributed by atoms with Crippen molar-refractivity contribution in [2.24, 2.45) is 0 Å². The highest BCUT2D eigenvalue weighted by Gasteiger charge is 2.23. The van der Waals surface area contributed by atoms with Crippen molar-refractivity contribution in [3.05, 3.63) is 64.7 Å². The molecule has 0 bridgehead atoms. The molecule has 1 aromatic heterocycles. The number of benzene rings is 2. The maximum absolute atomic E-state index is 13.4. The number of hydrogen-bond acceptors (Lipinski definition) is 5. The molecule has 6 heteroatoms. The largest absolute Gasteiger partial charge is 0.463 e. The van der Waals surface area contributed by atoms with E-state index in [1.165, 1.54) is 0 Å². The lowest BCUT2D eigenvalue weighted by Crippen LogP contribution is -2.28. The third-order valence-electron chi connectivity index (χ3n) is 6.49. The number of anilines is 1. The number of ether oxygens (including phenoxy) is 1. The topological polar surface area (TPSA) is 71.5 Å². The third-order valence-corrected chi connectivity index (χ3v) is 6.49. The van der Waals surface area contributed by atoms with Crippen LogP contribution in [0.2, 0.25) is 0 Å². The minimum Gasteiger partial charge on any atom is -0.463 e. The zero-order valence-corrected chi connectivity index (χ0v) is 22.8. The summed E-state index contributed by atoms with van der Waals surface area (Å²) in [5, 5.41) is 4.40. The summed E-state index contributed by atoms with van der Waals surface area (Å²) < 4.78 is 5.19. The van der Waals surface area contributed by atoms with Crippen LogP contribution in [0.5, 0.6) is 0 Å². The molecule has 6 nitrogen and oxygen atoms in total. The van der Waals surface area contributed by atoms with Crippen LogP contribution in [-0.4, -0.2) is 47.0 Å². The summed E-state index contributed by atoms with van der Waals surface area (Å²) in [6, 6.07) is 14.1. The Morgan fingerprint density at radius 3 is 2.51 bits per heavy atom. The molecule has 194 valence electrons. The molecule has 0 aliphatic carbocycles. The molecular formula is C31H37N3O3. The van der Waals surface area contributed by atoms with Crippen molar-refractivity contribution in [3.63, 3.8) is 0 Å². The number of carbonyl (C=O) groups excluding carboxylic acids is 2. The average Bonchev–Trinajstić information content (AvgIpc) is 3.38. The highest BCUT2D eigenvalue weighted by molar-refractivity contribution is 6.03. The fraction of sp³-hybridized carbons (Fsp3) is 0.387. The van der Waals surface area contributed by atoms with Crippen LogP contribution in [0.15, 0.2) is 48.0 Å². The molecule has 4 rings (SSSR count). The fourth-order valence-electron chi connectivity index (χ4n) is 4.77. The van der Waals surface area contributed by atoms with Gasteiger partial charge in [0.25, 0.3) is 5.91 Å². The van der Waals surface area contributed by atoms with Gasteiger partial charge in [-0.25, -0.2) is 9.78 Å². The molecule has 0 radical (unpaired) electrons. The van der Waals surface area contributed by atoms with Crippen LogP contribution in [0, 0.1) is 6.92 Å². The van der Waals surface area contributed by atoms with Crippen molar-refractivity contribution in [1.82, 2.24) is 9.88 Å². The first-order chi connectivity index (χ1) is 17.6. The van der Waals surface area contributed by atoms with Gasteiger partial charge in [-0.05, 0) is 101 Å². The number of aryl methyl sites for hydroxylation is 1. The fourth-order valence-corrected chi connectivity index (χ4v) is 4.77. The van der Waals surface area contributed by atoms with Crippen molar-refractivity contribution in [1.29, 1.82) is 0 Å². The number of esters is 1. The number of likely N-dealkylation sites (tertiary alicyclic amines) is 1. The second-order valence-corrected chi connectivity index (χ2v) is 10.8. The lowest BCUT2D eigenvalue weighted by atomic mass is 9.93. The molecule has 0 saturated carbocycles. The van der Waals surface area contributed by atoms with Gasteiger partial charge in [-0.1, -0.05) is 18.2 Å². The highest BCUT2D eigenvalue weighted by Crippen LogP contribution is 2.33. The van der Waals surface area contributed by atoms with Crippen LogP contribution in [0.25, 0.3) is 28.1 Å². The maximum Gasteiger partial charge on any atom is 0.333 e. The molecule has 1 amide bonds. The number of fused-ring (bicyclic) bond motifs is 1. The van der Waals surface area contributed by atoms with E-state index in [1.54, 1.807) is 13.8 Å². The predicted molar refractivity (Wildman–Crippen MR) is 151 cm³/mol. The lowest BCUT2D eigenvalue weighted by molar-refractivity contribution is -0.138. The number of carbonyl (C=O) groups is 2. The Bertz CT molecular complexity index is 1360. The number of rotatable bonds is 6. The average molecular weight is 500 g/mol. The van der Waals surface area contributed by atoms with Gasteiger partial charge in [0.1, 0.15) is 5.82 Å². The molecule has 1 aliphatic rings. The zero-order chi connectivity index (χ0) is 26.7. The predicted octanol–water partition coefficient (Wildman–Crippen LogP) is 6.62. The van der Waals surface area contributed by atoms with E-state index in [0.29, 0.717) is 18.0 Å². The van der Waals surface area contributed by atoms with E-state index in [4.69, 9.17) is 9.72 Å². The van der Waals surface area contributed by atoms with E-state index < -0.39 is 0 Å². The van der Waals surface area contributed by atoms with Crippen molar-refractivity contribution in [2.45, 2.75) is 59.9 Å². The molecule has 1 fully saturated rings. The Hall–Kier alpha value is -3.67. The molecular weight excluding hydrogens is 462 g/mol. The minimum atomic E-state index is -0.344. The van der Waals surface area contributed by atoms with Gasteiger partial charge in [-0.15, -0.1) is 0 Å². The van der Waals surface area contributed by atoms with Gasteiger partial charge in [-0.2, -0.15) is 0 Å². The molecule has 3 aromatic rings. The summed E-state index contributed by atoms with van der Waals surface area (Å²) in [6.45, 7) is 13.8. The van der Waals surface area contributed by atoms with Gasteiger partial charge in [0, 0.05) is 40.7 Å². The summed E-state index contributed by atoms with van der Waals surface area (Å²) in [7, 11) is 0. The van der Waals surface area contributed by atoms with Crippen LogP contribution >= 0.6 is 0 Å². The second-order valence-electron chi connectivity index (χ2n) is 10.8. The van der Waals surface area contributed by atoms with Crippen molar-refractivity contribution in [3.8, 4) is 11.1 Å². The van der Waals surface area contributed by atoms with Gasteiger partial charge in [0.05, 0.1) is 12.1 Å². The molecule has 0 atom stereocenters. The van der Waals surface area contributed by atoms with E-state index in [-0.39, 0.29) is 17.4 Å². The standard InChI is InChI=1S/C31H37N3O3/c1-7-37-30(36)21(3)17-24-19-23-18-22(13-14-26(23)32-28(24)33-31(4,5)6)27-20(2)11-10-12-25(27)29(35)34-15-8-9-16-34/h10-14,17-19H,7-9,15-16H2,1-6H3,(H,32,33). The summed E-state index contributed by atoms with van der Waals surface area (Å²) in [5.41, 5.74) is 5.66. The van der Waals surface area contributed by atoms with Crippen LogP contribution < -0.4 is 5.32 Å². The van der Waals surface area contributed by atoms with Crippen LogP contribution in [0.4, 0.5) is 5.82 Å². The third kappa shape index (κ3) is 6.01. The Balaban J connectivity index is 1.84. The Morgan fingerprint density at radius 2 is 1.84 bits per heavy atom. The summed E-state index contributed by atoms with van der Waals surface area (Å²) in [4.78, 5) is 32.6. The van der Waals surface area contributed by atoms with E-state index in [0.717, 1.165) is 64.7 Å². The Labute approximate surface area is 219 Å². The maximum atomic E-state index is 13.4. The smallest absolute Gasteiger partial charge is 0.333 e. The Morgan fingerprint density at radius 1 is 1.11 bits per heavy atom. The first kappa shape index (κ1) is 26.4. The molecule has 2 heterocycles. The quantitative estimate of drug-likeness (QED) is 0.305. The van der Waals surface area contributed by atoms with E-state index >= 15 is 0 Å². The number of nitrogens with one attached hydrogen (secondary N) is 1. The molecule has 2 aromatic carbocycles. The van der Waals surface area contributed by atoms with Gasteiger partial charge in [0.15, 0.2) is 0 Å². The minimum absolute atomic E-state index is 0.0906. The monoisotopic (exact) mass is 499 g/mol. The molecule has 1 saturated heterocycles. The normalized spacial score (nSPS) is 14.2. The SMILES string of the molecule is CCOC(=O)C(C)=Cc1cc2cc(-c3c(C)cccc3C(=O)N3CCCC3)ccc2nc1NC(C)(C)C. The first-order valence-electron chi connectivity index (χ1n) is 13.0. The second kappa shape index (κ2) is 10.8. The van der Waals surface area contributed by atoms with Crippen LogP contribution in [0.3, 0.4) is 0 Å². The number of pyridine rings is 1. The van der Waals surface area contributed by atoms with Gasteiger partial charge in [-0.3, -0.25) is 4.79 Å². The number of amides is 1. The lowest BCUT2D eigenvalue weighted by Gasteiger charge is -2.23. The van der Waals surface area contributed by atoms with Crippen molar-refractivity contribution >= 4 is 34.7 Å². The van der Waals surface area contributed by atoms with Crippen molar-refractivity contribution < 1.29 is 14.3 Å². The van der Waals surface area contributed by atoms with Crippen LogP contribution in [0.1, 0.15) is 68.9 Å². The van der Waals surface area contributed by atoms with Gasteiger partial charge >= 0.3 is 5.97 Å².